The van der Waals surface area contributed by atoms with Crippen molar-refractivity contribution in [2.75, 3.05) is 10.6 Å². The number of aromatic nitrogens is 3. The summed E-state index contributed by atoms with van der Waals surface area (Å²) in [4.78, 5) is 4.39. The van der Waals surface area contributed by atoms with E-state index in [2.05, 4.69) is 77.8 Å². The molecular weight excluding hydrogens is 250 g/mol. The molecule has 106 valence electrons. The second-order valence-corrected chi connectivity index (χ2v) is 5.88. The fourth-order valence-electron chi connectivity index (χ4n) is 1.68. The zero-order valence-corrected chi connectivity index (χ0v) is 12.4. The monoisotopic (exact) mass is 271 g/mol. The average Bonchev–Trinajstić information content (AvgIpc) is 2.36. The topological polar surface area (TPSA) is 62.7 Å². The highest BCUT2D eigenvalue weighted by Crippen LogP contribution is 2.11. The molecule has 0 radical (unpaired) electrons. The third-order valence-corrected chi connectivity index (χ3v) is 2.64. The third-order valence-electron chi connectivity index (χ3n) is 2.64. The first-order valence-electron chi connectivity index (χ1n) is 6.70. The zero-order chi connectivity index (χ0) is 14.6. The van der Waals surface area contributed by atoms with Gasteiger partial charge in [0.1, 0.15) is 0 Å². The van der Waals surface area contributed by atoms with E-state index in [9.17, 15) is 0 Å². The predicted molar refractivity (Wildman–Crippen MR) is 81.7 cm³/mol. The summed E-state index contributed by atoms with van der Waals surface area (Å²) in [7, 11) is 0. The Morgan fingerprint density at radius 3 is 2.45 bits per heavy atom. The second kappa shape index (κ2) is 5.86. The maximum atomic E-state index is 4.39. The van der Waals surface area contributed by atoms with Gasteiger partial charge in [-0.1, -0.05) is 29.8 Å². The summed E-state index contributed by atoms with van der Waals surface area (Å²) in [6, 6.07) is 8.40. The van der Waals surface area contributed by atoms with Gasteiger partial charge in [0.25, 0.3) is 0 Å². The lowest BCUT2D eigenvalue weighted by Crippen LogP contribution is -2.27. The van der Waals surface area contributed by atoms with Crippen LogP contribution in [0.3, 0.4) is 0 Å². The van der Waals surface area contributed by atoms with Crippen LogP contribution >= 0.6 is 0 Å². The Morgan fingerprint density at radius 1 is 1.10 bits per heavy atom. The molecule has 1 aromatic heterocycles. The van der Waals surface area contributed by atoms with Crippen molar-refractivity contribution in [3.8, 4) is 0 Å². The molecule has 2 N–H and O–H groups in total. The van der Waals surface area contributed by atoms with Gasteiger partial charge in [0.15, 0.2) is 5.82 Å². The molecule has 2 aromatic rings. The van der Waals surface area contributed by atoms with Crippen LogP contribution in [0, 0.1) is 6.92 Å². The van der Waals surface area contributed by atoms with Crippen LogP contribution in [0.25, 0.3) is 0 Å². The van der Waals surface area contributed by atoms with Crippen LogP contribution in [0.15, 0.2) is 30.5 Å². The normalized spacial score (nSPS) is 11.2. The average molecular weight is 271 g/mol. The number of nitrogens with zero attached hydrogens (tertiary/aromatic N) is 3. The number of benzene rings is 1. The standard InChI is InChI=1S/C15H21N5/c1-11-5-7-12(8-6-11)9-16-13-10-17-20-14(18-13)19-15(2,3)4/h5-8,10H,9H2,1-4H3,(H2,16,18,19,20). The third kappa shape index (κ3) is 4.50. The lowest BCUT2D eigenvalue weighted by Gasteiger charge is -2.20. The smallest absolute Gasteiger partial charge is 0.245 e. The summed E-state index contributed by atoms with van der Waals surface area (Å²) < 4.78 is 0. The van der Waals surface area contributed by atoms with Crippen LogP contribution in [0.1, 0.15) is 31.9 Å². The highest BCUT2D eigenvalue weighted by molar-refractivity contribution is 5.39. The summed E-state index contributed by atoms with van der Waals surface area (Å²) in [5.41, 5.74) is 2.38. The molecule has 0 saturated carbocycles. The van der Waals surface area contributed by atoms with Gasteiger partial charge in [-0.05, 0) is 33.3 Å². The Balaban J connectivity index is 1.99. The van der Waals surface area contributed by atoms with Gasteiger partial charge in [-0.3, -0.25) is 0 Å². The molecule has 0 aliphatic heterocycles. The van der Waals surface area contributed by atoms with Crippen molar-refractivity contribution in [1.82, 2.24) is 15.2 Å². The lowest BCUT2D eigenvalue weighted by molar-refractivity contribution is 0.623. The molecule has 0 fully saturated rings. The van der Waals surface area contributed by atoms with Crippen molar-refractivity contribution in [3.63, 3.8) is 0 Å². The Kier molecular flexibility index (Phi) is 4.17. The summed E-state index contributed by atoms with van der Waals surface area (Å²) in [6.07, 6.45) is 1.63. The summed E-state index contributed by atoms with van der Waals surface area (Å²) in [6.45, 7) is 8.97. The van der Waals surface area contributed by atoms with Gasteiger partial charge in [-0.15, -0.1) is 5.10 Å². The van der Waals surface area contributed by atoms with E-state index in [0.29, 0.717) is 18.3 Å². The molecule has 5 nitrogen and oxygen atoms in total. The number of hydrogen-bond donors (Lipinski definition) is 2. The zero-order valence-electron chi connectivity index (χ0n) is 12.4. The fourth-order valence-corrected chi connectivity index (χ4v) is 1.68. The lowest BCUT2D eigenvalue weighted by atomic mass is 10.1. The number of rotatable bonds is 4. The number of aryl methyl sites for hydroxylation is 1. The summed E-state index contributed by atoms with van der Waals surface area (Å²) >= 11 is 0. The fraction of sp³-hybridized carbons (Fsp3) is 0.400. The van der Waals surface area contributed by atoms with E-state index in [-0.39, 0.29) is 5.54 Å². The van der Waals surface area contributed by atoms with E-state index in [0.717, 1.165) is 0 Å². The molecule has 0 aliphatic rings. The van der Waals surface area contributed by atoms with Crippen molar-refractivity contribution < 1.29 is 0 Å². The van der Waals surface area contributed by atoms with Gasteiger partial charge in [0.05, 0.1) is 6.20 Å². The van der Waals surface area contributed by atoms with E-state index in [1.165, 1.54) is 11.1 Å². The maximum absolute atomic E-state index is 4.39. The van der Waals surface area contributed by atoms with Crippen LogP contribution in [0.4, 0.5) is 11.8 Å². The molecule has 0 unspecified atom stereocenters. The van der Waals surface area contributed by atoms with Gasteiger partial charge < -0.3 is 10.6 Å². The molecule has 0 bridgehead atoms. The molecule has 0 atom stereocenters. The quantitative estimate of drug-likeness (QED) is 0.895. The molecule has 5 heteroatoms. The minimum atomic E-state index is -0.0861. The first-order valence-corrected chi connectivity index (χ1v) is 6.70. The van der Waals surface area contributed by atoms with Crippen LogP contribution in [-0.2, 0) is 6.54 Å². The molecular formula is C15H21N5. The number of nitrogens with one attached hydrogen (secondary N) is 2. The molecule has 0 aliphatic carbocycles. The minimum Gasteiger partial charge on any atom is -0.365 e. The van der Waals surface area contributed by atoms with Gasteiger partial charge >= 0.3 is 0 Å². The van der Waals surface area contributed by atoms with E-state index in [1.807, 2.05) is 0 Å². The first-order chi connectivity index (χ1) is 9.42. The largest absolute Gasteiger partial charge is 0.365 e. The van der Waals surface area contributed by atoms with Crippen LogP contribution in [-0.4, -0.2) is 20.7 Å². The Hall–Kier alpha value is -2.17. The maximum Gasteiger partial charge on any atom is 0.245 e. The first kappa shape index (κ1) is 14.2. The van der Waals surface area contributed by atoms with E-state index < -0.39 is 0 Å². The Morgan fingerprint density at radius 2 is 1.80 bits per heavy atom. The van der Waals surface area contributed by atoms with Gasteiger partial charge in [-0.2, -0.15) is 10.1 Å². The van der Waals surface area contributed by atoms with Gasteiger partial charge in [0.2, 0.25) is 5.95 Å². The minimum absolute atomic E-state index is 0.0861. The van der Waals surface area contributed by atoms with E-state index in [1.54, 1.807) is 6.20 Å². The molecule has 20 heavy (non-hydrogen) atoms. The van der Waals surface area contributed by atoms with Crippen molar-refractivity contribution >= 4 is 11.8 Å². The van der Waals surface area contributed by atoms with Crippen molar-refractivity contribution in [2.24, 2.45) is 0 Å². The SMILES string of the molecule is Cc1ccc(CNc2cnnc(NC(C)(C)C)n2)cc1. The second-order valence-electron chi connectivity index (χ2n) is 5.88. The molecule has 0 saturated heterocycles. The molecule has 0 spiro atoms. The predicted octanol–water partition coefficient (Wildman–Crippen LogP) is 3.00. The molecule has 2 rings (SSSR count). The Labute approximate surface area is 119 Å². The molecule has 1 aromatic carbocycles. The Bertz CT molecular complexity index is 557. The van der Waals surface area contributed by atoms with Crippen LogP contribution in [0.5, 0.6) is 0 Å². The van der Waals surface area contributed by atoms with E-state index in [4.69, 9.17) is 0 Å². The van der Waals surface area contributed by atoms with Crippen LogP contribution < -0.4 is 10.6 Å². The number of anilines is 2. The van der Waals surface area contributed by atoms with Crippen molar-refractivity contribution in [3.05, 3.63) is 41.6 Å². The summed E-state index contributed by atoms with van der Waals surface area (Å²) in [5, 5.41) is 14.4. The van der Waals surface area contributed by atoms with Crippen LogP contribution in [0.2, 0.25) is 0 Å². The molecule has 1 heterocycles. The van der Waals surface area contributed by atoms with Gasteiger partial charge in [0, 0.05) is 12.1 Å². The van der Waals surface area contributed by atoms with Gasteiger partial charge in [-0.25, -0.2) is 0 Å². The highest BCUT2D eigenvalue weighted by atomic mass is 15.3. The van der Waals surface area contributed by atoms with Crippen molar-refractivity contribution in [2.45, 2.75) is 39.8 Å². The molecule has 0 amide bonds. The summed E-state index contributed by atoms with van der Waals surface area (Å²) in [5.74, 6) is 1.25. The highest BCUT2D eigenvalue weighted by Gasteiger charge is 2.11. The van der Waals surface area contributed by atoms with E-state index >= 15 is 0 Å². The van der Waals surface area contributed by atoms with Crippen molar-refractivity contribution in [1.29, 1.82) is 0 Å². The number of hydrogen-bond acceptors (Lipinski definition) is 5.